The van der Waals surface area contributed by atoms with Crippen molar-refractivity contribution in [3.63, 3.8) is 0 Å². The molecular weight excluding hydrogens is 640 g/mol. The lowest BCUT2D eigenvalue weighted by atomic mass is 10.0. The summed E-state index contributed by atoms with van der Waals surface area (Å²) >= 11 is 12.4. The number of nitrogens with zero attached hydrogens (tertiary/aromatic N) is 2. The maximum atomic E-state index is 14.3. The molecule has 4 rings (SSSR count). The number of hydrogen-bond acceptors (Lipinski definition) is 5. The number of carbonyl (C=O) groups is 2. The standard InChI is InChI=1S/C33H32Cl2FN3O5S/c1-3-44-27-14-12-26(13-15-27)39(45(42,43)28-16-10-25(36)11-17-28)22-32(40)38(21-24-9-18-29(34)30(35)19-24)31(33(41)37-2)20-23-7-5-4-6-8-23/h4-19,31H,3,20-22H2,1-2H3,(H,37,41)/t31-/m1/s1. The normalized spacial score (nSPS) is 11.8. The summed E-state index contributed by atoms with van der Waals surface area (Å²) in [5.41, 5.74) is 1.54. The van der Waals surface area contributed by atoms with E-state index in [1.54, 1.807) is 30.3 Å². The number of anilines is 1. The minimum absolute atomic E-state index is 0.0750. The number of likely N-dealkylation sites (N-methyl/N-ethyl adjacent to an activating group) is 1. The average Bonchev–Trinajstić information content (AvgIpc) is 3.04. The fraction of sp³-hybridized carbons (Fsp3) is 0.212. The lowest BCUT2D eigenvalue weighted by Gasteiger charge is -2.33. The summed E-state index contributed by atoms with van der Waals surface area (Å²) in [6.45, 7) is 1.48. The van der Waals surface area contributed by atoms with Gasteiger partial charge in [-0.2, -0.15) is 0 Å². The highest BCUT2D eigenvalue weighted by Gasteiger charge is 2.34. The molecule has 8 nitrogen and oxygen atoms in total. The molecular formula is C33H32Cl2FN3O5S. The molecule has 236 valence electrons. The van der Waals surface area contributed by atoms with Crippen molar-refractivity contribution < 1.29 is 27.1 Å². The summed E-state index contributed by atoms with van der Waals surface area (Å²) in [6.07, 6.45) is 0.154. The number of sulfonamides is 1. The van der Waals surface area contributed by atoms with Crippen molar-refractivity contribution in [1.29, 1.82) is 0 Å². The van der Waals surface area contributed by atoms with Crippen LogP contribution in [-0.2, 0) is 32.6 Å². The molecule has 0 aliphatic carbocycles. The molecule has 0 aliphatic heterocycles. The molecule has 0 fully saturated rings. The molecule has 4 aromatic rings. The lowest BCUT2D eigenvalue weighted by molar-refractivity contribution is -0.139. The zero-order chi connectivity index (χ0) is 32.6. The topological polar surface area (TPSA) is 96.0 Å². The van der Waals surface area contributed by atoms with E-state index in [0.717, 1.165) is 34.1 Å². The van der Waals surface area contributed by atoms with Crippen LogP contribution in [0.2, 0.25) is 10.0 Å². The van der Waals surface area contributed by atoms with Crippen molar-refractivity contribution in [2.75, 3.05) is 24.5 Å². The SMILES string of the molecule is CCOc1ccc(N(CC(=O)N(Cc2ccc(Cl)c(Cl)c2)[C@H](Cc2ccccc2)C(=O)NC)S(=O)(=O)c2ccc(F)cc2)cc1. The minimum atomic E-state index is -4.38. The van der Waals surface area contributed by atoms with Crippen LogP contribution in [-0.4, -0.2) is 51.4 Å². The van der Waals surface area contributed by atoms with Crippen LogP contribution in [0, 0.1) is 5.82 Å². The van der Waals surface area contributed by atoms with Gasteiger partial charge in [-0.25, -0.2) is 12.8 Å². The Morgan fingerprint density at radius 1 is 0.889 bits per heavy atom. The fourth-order valence-corrected chi connectivity index (χ4v) is 6.43. The Morgan fingerprint density at radius 3 is 2.16 bits per heavy atom. The highest BCUT2D eigenvalue weighted by Crippen LogP contribution is 2.28. The average molecular weight is 673 g/mol. The van der Waals surface area contributed by atoms with Crippen LogP contribution in [0.4, 0.5) is 10.1 Å². The first-order valence-electron chi connectivity index (χ1n) is 14.0. The summed E-state index contributed by atoms with van der Waals surface area (Å²) in [4.78, 5) is 28.8. The molecule has 1 atom stereocenters. The van der Waals surface area contributed by atoms with Gasteiger partial charge >= 0.3 is 0 Å². The molecule has 0 radical (unpaired) electrons. The third kappa shape index (κ3) is 8.54. The Balaban J connectivity index is 1.79. The van der Waals surface area contributed by atoms with Crippen LogP contribution in [0.25, 0.3) is 0 Å². The molecule has 0 aromatic heterocycles. The zero-order valence-electron chi connectivity index (χ0n) is 24.6. The Morgan fingerprint density at radius 2 is 1.56 bits per heavy atom. The van der Waals surface area contributed by atoms with E-state index < -0.39 is 40.2 Å². The van der Waals surface area contributed by atoms with Crippen LogP contribution in [0.3, 0.4) is 0 Å². The van der Waals surface area contributed by atoms with Crippen LogP contribution in [0.1, 0.15) is 18.1 Å². The van der Waals surface area contributed by atoms with Crippen LogP contribution in [0.15, 0.2) is 102 Å². The number of amides is 2. The second-order valence-electron chi connectivity index (χ2n) is 9.98. The largest absolute Gasteiger partial charge is 0.494 e. The van der Waals surface area contributed by atoms with Gasteiger partial charge in [0.1, 0.15) is 24.2 Å². The molecule has 0 bridgehead atoms. The van der Waals surface area contributed by atoms with Crippen molar-refractivity contribution in [3.05, 3.63) is 124 Å². The van der Waals surface area contributed by atoms with E-state index in [9.17, 15) is 22.4 Å². The van der Waals surface area contributed by atoms with Gasteiger partial charge in [0.25, 0.3) is 10.0 Å². The van der Waals surface area contributed by atoms with E-state index in [0.29, 0.717) is 22.9 Å². The zero-order valence-corrected chi connectivity index (χ0v) is 26.9. The van der Waals surface area contributed by atoms with Crippen LogP contribution in [0.5, 0.6) is 5.75 Å². The first-order valence-corrected chi connectivity index (χ1v) is 16.2. The Kier molecular flexibility index (Phi) is 11.4. The summed E-state index contributed by atoms with van der Waals surface area (Å²) in [6, 6.07) is 23.5. The van der Waals surface area contributed by atoms with Gasteiger partial charge in [0.2, 0.25) is 11.8 Å². The molecule has 0 saturated carbocycles. The molecule has 4 aromatic carbocycles. The number of ether oxygens (including phenoxy) is 1. The van der Waals surface area contributed by atoms with Gasteiger partial charge in [0.15, 0.2) is 0 Å². The van der Waals surface area contributed by atoms with E-state index in [4.69, 9.17) is 27.9 Å². The number of rotatable bonds is 13. The Labute approximate surface area is 272 Å². The quantitative estimate of drug-likeness (QED) is 0.185. The lowest BCUT2D eigenvalue weighted by Crippen LogP contribution is -2.53. The molecule has 0 heterocycles. The summed E-state index contributed by atoms with van der Waals surface area (Å²) in [7, 11) is -2.92. The van der Waals surface area contributed by atoms with Crippen molar-refractivity contribution in [2.45, 2.75) is 30.8 Å². The molecule has 12 heteroatoms. The third-order valence-electron chi connectivity index (χ3n) is 6.97. The molecule has 2 amide bonds. The van der Waals surface area contributed by atoms with Crippen molar-refractivity contribution in [1.82, 2.24) is 10.2 Å². The highest BCUT2D eigenvalue weighted by atomic mass is 35.5. The van der Waals surface area contributed by atoms with Crippen LogP contribution >= 0.6 is 23.2 Å². The Hall–Kier alpha value is -4.12. The highest BCUT2D eigenvalue weighted by molar-refractivity contribution is 7.92. The number of carbonyl (C=O) groups excluding carboxylic acids is 2. The second-order valence-corrected chi connectivity index (χ2v) is 12.7. The van der Waals surface area contributed by atoms with Gasteiger partial charge in [-0.3, -0.25) is 13.9 Å². The first-order chi connectivity index (χ1) is 21.5. The van der Waals surface area contributed by atoms with Gasteiger partial charge in [-0.05, 0) is 78.7 Å². The Bertz CT molecular complexity index is 1720. The maximum absolute atomic E-state index is 14.3. The van der Waals surface area contributed by atoms with Gasteiger partial charge in [-0.1, -0.05) is 59.6 Å². The molecule has 0 unspecified atom stereocenters. The number of halogens is 3. The molecule has 45 heavy (non-hydrogen) atoms. The minimum Gasteiger partial charge on any atom is -0.494 e. The van der Waals surface area contributed by atoms with E-state index >= 15 is 0 Å². The second kappa shape index (κ2) is 15.2. The summed E-state index contributed by atoms with van der Waals surface area (Å²) in [5.74, 6) is -1.21. The predicted octanol–water partition coefficient (Wildman–Crippen LogP) is 6.11. The summed E-state index contributed by atoms with van der Waals surface area (Å²) < 4.78 is 48.2. The molecule has 0 saturated heterocycles. The molecule has 0 aliphatic rings. The first kappa shape index (κ1) is 33.8. The number of benzene rings is 4. The third-order valence-corrected chi connectivity index (χ3v) is 9.50. The molecule has 0 spiro atoms. The summed E-state index contributed by atoms with van der Waals surface area (Å²) in [5, 5.41) is 3.21. The van der Waals surface area contributed by atoms with Crippen molar-refractivity contribution in [3.8, 4) is 5.75 Å². The van der Waals surface area contributed by atoms with Crippen molar-refractivity contribution in [2.24, 2.45) is 0 Å². The van der Waals surface area contributed by atoms with Gasteiger partial charge in [0, 0.05) is 20.0 Å². The van der Waals surface area contributed by atoms with E-state index in [-0.39, 0.29) is 28.6 Å². The number of hydrogen-bond donors (Lipinski definition) is 1. The monoisotopic (exact) mass is 671 g/mol. The maximum Gasteiger partial charge on any atom is 0.264 e. The fourth-order valence-electron chi connectivity index (χ4n) is 4.69. The molecule has 1 N–H and O–H groups in total. The van der Waals surface area contributed by atoms with E-state index in [2.05, 4.69) is 5.32 Å². The van der Waals surface area contributed by atoms with Gasteiger partial charge in [0.05, 0.1) is 27.2 Å². The van der Waals surface area contributed by atoms with Gasteiger partial charge < -0.3 is 15.0 Å². The van der Waals surface area contributed by atoms with Gasteiger partial charge in [-0.15, -0.1) is 0 Å². The number of nitrogens with one attached hydrogen (secondary N) is 1. The van der Waals surface area contributed by atoms with Crippen LogP contribution < -0.4 is 14.4 Å². The smallest absolute Gasteiger partial charge is 0.264 e. The van der Waals surface area contributed by atoms with E-state index in [1.807, 2.05) is 37.3 Å². The van der Waals surface area contributed by atoms with E-state index in [1.165, 1.54) is 24.1 Å². The van der Waals surface area contributed by atoms with Crippen molar-refractivity contribution >= 4 is 50.7 Å². The predicted molar refractivity (Wildman–Crippen MR) is 174 cm³/mol.